The van der Waals surface area contributed by atoms with Gasteiger partial charge in [0.05, 0.1) is 18.0 Å². The smallest absolute Gasteiger partial charge is 0.343 e. The first-order valence-corrected chi connectivity index (χ1v) is 11.2. The molecule has 2 aromatic rings. The Kier molecular flexibility index (Phi) is 6.56. The molecule has 0 radical (unpaired) electrons. The molecule has 36 heavy (non-hydrogen) atoms. The average Bonchev–Trinajstić information content (AvgIpc) is 2.96. The highest BCUT2D eigenvalue weighted by Crippen LogP contribution is 2.31. The van der Waals surface area contributed by atoms with Crippen LogP contribution in [0.2, 0.25) is 0 Å². The number of allylic oxidation sites excluding steroid dienone is 1. The summed E-state index contributed by atoms with van der Waals surface area (Å²) >= 11 is 0. The van der Waals surface area contributed by atoms with Gasteiger partial charge in [-0.1, -0.05) is 24.3 Å². The maximum Gasteiger partial charge on any atom is 0.343 e. The molecule has 1 unspecified atom stereocenters. The van der Waals surface area contributed by atoms with Crippen LogP contribution in [-0.4, -0.2) is 47.7 Å². The van der Waals surface area contributed by atoms with Crippen molar-refractivity contribution in [3.05, 3.63) is 71.2 Å². The number of rotatable bonds is 5. The minimum absolute atomic E-state index is 0.00903. The summed E-state index contributed by atoms with van der Waals surface area (Å²) in [6.45, 7) is 4.24. The van der Waals surface area contributed by atoms with Crippen LogP contribution in [0.1, 0.15) is 26.3 Å². The molecule has 1 atom stereocenters. The third-order valence-corrected chi connectivity index (χ3v) is 5.81. The van der Waals surface area contributed by atoms with Gasteiger partial charge in [-0.25, -0.2) is 19.0 Å². The molecule has 4 amide bonds. The SMILES string of the molecule is CCOC(=O)C1=C(C)Nc2ccccc2N=C1NC(=O)CN1C(=O)NC(C)(c2ccc(F)cc2)C1=O. The first-order valence-electron chi connectivity index (χ1n) is 11.2. The topological polar surface area (TPSA) is 129 Å². The number of ether oxygens (including phenoxy) is 1. The van der Waals surface area contributed by atoms with Gasteiger partial charge in [0.25, 0.3) is 5.91 Å². The first-order chi connectivity index (χ1) is 17.1. The molecule has 0 spiro atoms. The van der Waals surface area contributed by atoms with Crippen LogP contribution in [0.5, 0.6) is 0 Å². The molecule has 4 rings (SSSR count). The number of imide groups is 1. The molecule has 10 nitrogen and oxygen atoms in total. The fraction of sp³-hybridized carbons (Fsp3) is 0.240. The number of para-hydroxylation sites is 2. The Labute approximate surface area is 206 Å². The Morgan fingerprint density at radius 1 is 1.14 bits per heavy atom. The van der Waals surface area contributed by atoms with Crippen LogP contribution in [-0.2, 0) is 24.7 Å². The number of aliphatic imine (C=N–C) groups is 1. The highest BCUT2D eigenvalue weighted by molar-refractivity contribution is 6.25. The number of carbonyl (C=O) groups excluding carboxylic acids is 4. The summed E-state index contributed by atoms with van der Waals surface area (Å²) in [5.74, 6) is -2.71. The average molecular weight is 493 g/mol. The van der Waals surface area contributed by atoms with Crippen LogP contribution in [0, 0.1) is 5.82 Å². The van der Waals surface area contributed by atoms with Crippen molar-refractivity contribution in [3.63, 3.8) is 0 Å². The number of anilines is 1. The third-order valence-electron chi connectivity index (χ3n) is 5.81. The van der Waals surface area contributed by atoms with Crippen LogP contribution >= 0.6 is 0 Å². The molecule has 1 saturated heterocycles. The summed E-state index contributed by atoms with van der Waals surface area (Å²) < 4.78 is 18.5. The van der Waals surface area contributed by atoms with E-state index in [-0.39, 0.29) is 18.0 Å². The van der Waals surface area contributed by atoms with Gasteiger partial charge in [0, 0.05) is 5.70 Å². The van der Waals surface area contributed by atoms with Crippen molar-refractivity contribution in [3.8, 4) is 0 Å². The molecule has 2 aromatic carbocycles. The van der Waals surface area contributed by atoms with Gasteiger partial charge in [0.2, 0.25) is 5.91 Å². The summed E-state index contributed by atoms with van der Waals surface area (Å²) in [6, 6.07) is 11.3. The molecule has 1 fully saturated rings. The lowest BCUT2D eigenvalue weighted by atomic mass is 9.92. The lowest BCUT2D eigenvalue weighted by Gasteiger charge is -2.22. The number of esters is 1. The molecule has 0 aromatic heterocycles. The summed E-state index contributed by atoms with van der Waals surface area (Å²) in [5.41, 5.74) is 0.381. The summed E-state index contributed by atoms with van der Waals surface area (Å²) in [5, 5.41) is 8.20. The van der Waals surface area contributed by atoms with Gasteiger partial charge >= 0.3 is 12.0 Å². The second-order valence-electron chi connectivity index (χ2n) is 8.32. The van der Waals surface area contributed by atoms with E-state index < -0.39 is 41.7 Å². The van der Waals surface area contributed by atoms with Gasteiger partial charge < -0.3 is 20.7 Å². The van der Waals surface area contributed by atoms with E-state index in [1.54, 1.807) is 38.1 Å². The molecule has 2 aliphatic rings. The number of amides is 4. The van der Waals surface area contributed by atoms with Crippen LogP contribution in [0.15, 0.2) is 64.8 Å². The number of benzene rings is 2. The molecule has 0 saturated carbocycles. The molecular formula is C25H24FN5O5. The van der Waals surface area contributed by atoms with E-state index in [2.05, 4.69) is 20.9 Å². The monoisotopic (exact) mass is 493 g/mol. The van der Waals surface area contributed by atoms with Gasteiger partial charge in [-0.3, -0.25) is 14.5 Å². The molecule has 3 N–H and O–H groups in total. The molecule has 0 bridgehead atoms. The number of amidine groups is 1. The van der Waals surface area contributed by atoms with Crippen molar-refractivity contribution >= 4 is 41.0 Å². The molecule has 2 heterocycles. The number of hydrogen-bond donors (Lipinski definition) is 3. The van der Waals surface area contributed by atoms with E-state index in [1.165, 1.54) is 31.2 Å². The van der Waals surface area contributed by atoms with E-state index in [9.17, 15) is 23.6 Å². The highest BCUT2D eigenvalue weighted by Gasteiger charge is 2.49. The lowest BCUT2D eigenvalue weighted by Crippen LogP contribution is -2.45. The molecule has 186 valence electrons. The predicted molar refractivity (Wildman–Crippen MR) is 129 cm³/mol. The van der Waals surface area contributed by atoms with Crippen LogP contribution in [0.25, 0.3) is 0 Å². The van der Waals surface area contributed by atoms with Gasteiger partial charge in [0.15, 0.2) is 0 Å². The second-order valence-corrected chi connectivity index (χ2v) is 8.32. The van der Waals surface area contributed by atoms with Gasteiger partial charge in [0.1, 0.15) is 29.3 Å². The zero-order valence-electron chi connectivity index (χ0n) is 19.8. The van der Waals surface area contributed by atoms with E-state index in [0.29, 0.717) is 22.6 Å². The summed E-state index contributed by atoms with van der Waals surface area (Å²) in [4.78, 5) is 56.6. The summed E-state index contributed by atoms with van der Waals surface area (Å²) in [7, 11) is 0. The van der Waals surface area contributed by atoms with Crippen molar-refractivity contribution in [2.45, 2.75) is 26.3 Å². The minimum atomic E-state index is -1.47. The fourth-order valence-electron chi connectivity index (χ4n) is 3.97. The molecule has 0 aliphatic carbocycles. The highest BCUT2D eigenvalue weighted by atomic mass is 19.1. The zero-order chi connectivity index (χ0) is 26.0. The van der Waals surface area contributed by atoms with Crippen LogP contribution in [0.4, 0.5) is 20.6 Å². The van der Waals surface area contributed by atoms with Gasteiger partial charge in [-0.05, 0) is 50.6 Å². The predicted octanol–water partition coefficient (Wildman–Crippen LogP) is 2.70. The maximum atomic E-state index is 13.3. The van der Waals surface area contributed by atoms with Gasteiger partial charge in [-0.15, -0.1) is 0 Å². The van der Waals surface area contributed by atoms with E-state index in [4.69, 9.17) is 4.74 Å². The van der Waals surface area contributed by atoms with E-state index in [0.717, 1.165) is 4.90 Å². The zero-order valence-corrected chi connectivity index (χ0v) is 19.8. The van der Waals surface area contributed by atoms with Crippen molar-refractivity contribution in [1.82, 2.24) is 15.5 Å². The molecular weight excluding hydrogens is 469 g/mol. The fourth-order valence-corrected chi connectivity index (χ4v) is 3.97. The standard InChI is InChI=1S/C25H24FN5O5/c1-4-36-22(33)20-14(2)27-17-7-5-6-8-18(17)28-21(20)29-19(32)13-31-23(34)25(3,30-24(31)35)15-9-11-16(26)12-10-15/h5-12,27H,4,13H2,1-3H3,(H,30,35)(H,28,29,32). The maximum absolute atomic E-state index is 13.3. The summed E-state index contributed by atoms with van der Waals surface area (Å²) in [6.07, 6.45) is 0. The number of halogens is 1. The third kappa shape index (κ3) is 4.54. The van der Waals surface area contributed by atoms with E-state index >= 15 is 0 Å². The first kappa shape index (κ1) is 24.6. The second kappa shape index (κ2) is 9.61. The number of nitrogens with zero attached hydrogens (tertiary/aromatic N) is 2. The lowest BCUT2D eigenvalue weighted by molar-refractivity contribution is -0.138. The Morgan fingerprint density at radius 2 is 1.83 bits per heavy atom. The Balaban J connectivity index is 1.59. The van der Waals surface area contributed by atoms with Crippen LogP contribution in [0.3, 0.4) is 0 Å². The quantitative estimate of drug-likeness (QED) is 0.434. The van der Waals surface area contributed by atoms with Gasteiger partial charge in [-0.2, -0.15) is 0 Å². The van der Waals surface area contributed by atoms with Crippen molar-refractivity contribution in [1.29, 1.82) is 0 Å². The van der Waals surface area contributed by atoms with Crippen molar-refractivity contribution < 1.29 is 28.3 Å². The Morgan fingerprint density at radius 3 is 2.53 bits per heavy atom. The Bertz CT molecular complexity index is 1320. The van der Waals surface area contributed by atoms with Crippen molar-refractivity contribution in [2.24, 2.45) is 4.99 Å². The van der Waals surface area contributed by atoms with E-state index in [1.807, 2.05) is 0 Å². The number of urea groups is 1. The molecule has 2 aliphatic heterocycles. The number of fused-ring (bicyclic) bond motifs is 1. The largest absolute Gasteiger partial charge is 0.462 e. The molecule has 11 heteroatoms. The Hall–Kier alpha value is -4.54. The normalized spacial score (nSPS) is 19.1. The van der Waals surface area contributed by atoms with Crippen LogP contribution < -0.4 is 16.0 Å². The number of nitrogens with one attached hydrogen (secondary N) is 3. The minimum Gasteiger partial charge on any atom is -0.462 e. The van der Waals surface area contributed by atoms with Crippen molar-refractivity contribution in [2.75, 3.05) is 18.5 Å². The number of hydrogen-bond acceptors (Lipinski definition) is 7. The number of carbonyl (C=O) groups is 4.